The molecule has 0 N–H and O–H groups in total. The molecule has 1 unspecified atom stereocenters. The number of carbonyl (C=O) groups excluding carboxylic acids is 1. The van der Waals surface area contributed by atoms with E-state index in [4.69, 9.17) is 9.47 Å². The standard InChI is InChI=1S/C17H19N3O3/c21-17(13-22-12-14-4-2-1-3-5-14)20-9-6-15(11-20)23-16-10-18-7-8-19-16/h1-5,7-8,10,15H,6,9,11-13H2. The van der Waals surface area contributed by atoms with Crippen molar-refractivity contribution >= 4 is 5.91 Å². The second-order valence-electron chi connectivity index (χ2n) is 5.39. The van der Waals surface area contributed by atoms with E-state index in [1.54, 1.807) is 23.5 Å². The van der Waals surface area contributed by atoms with Crippen molar-refractivity contribution in [1.29, 1.82) is 0 Å². The Morgan fingerprint density at radius 1 is 1.26 bits per heavy atom. The number of aromatic nitrogens is 2. The summed E-state index contributed by atoms with van der Waals surface area (Å²) in [6.45, 7) is 1.77. The summed E-state index contributed by atoms with van der Waals surface area (Å²) < 4.78 is 11.2. The molecule has 1 aromatic carbocycles. The SMILES string of the molecule is O=C(COCc1ccccc1)N1CCC(Oc2cnccn2)C1. The molecule has 1 aliphatic rings. The van der Waals surface area contributed by atoms with Gasteiger partial charge in [-0.25, -0.2) is 4.98 Å². The summed E-state index contributed by atoms with van der Waals surface area (Å²) >= 11 is 0. The van der Waals surface area contributed by atoms with Crippen LogP contribution in [0.15, 0.2) is 48.9 Å². The number of nitrogens with zero attached hydrogens (tertiary/aromatic N) is 3. The molecule has 0 saturated carbocycles. The molecule has 0 spiro atoms. The molecule has 1 aliphatic heterocycles. The molecule has 1 saturated heterocycles. The molecule has 1 fully saturated rings. The fraction of sp³-hybridized carbons (Fsp3) is 0.353. The van der Waals surface area contributed by atoms with Gasteiger partial charge in [0.25, 0.3) is 0 Å². The first-order chi connectivity index (χ1) is 11.3. The monoisotopic (exact) mass is 313 g/mol. The zero-order valence-corrected chi connectivity index (χ0v) is 12.8. The van der Waals surface area contributed by atoms with Crippen LogP contribution >= 0.6 is 0 Å². The molecule has 1 aromatic heterocycles. The largest absolute Gasteiger partial charge is 0.471 e. The van der Waals surface area contributed by atoms with Crippen molar-refractivity contribution in [3.8, 4) is 5.88 Å². The summed E-state index contributed by atoms with van der Waals surface area (Å²) in [5.41, 5.74) is 1.06. The van der Waals surface area contributed by atoms with Gasteiger partial charge in [0.2, 0.25) is 11.8 Å². The summed E-state index contributed by atoms with van der Waals surface area (Å²) in [5.74, 6) is 0.485. The first-order valence-corrected chi connectivity index (χ1v) is 7.63. The fourth-order valence-corrected chi connectivity index (χ4v) is 2.49. The van der Waals surface area contributed by atoms with Crippen LogP contribution in [0.1, 0.15) is 12.0 Å². The Morgan fingerprint density at radius 3 is 2.91 bits per heavy atom. The Balaban J connectivity index is 1.41. The van der Waals surface area contributed by atoms with E-state index >= 15 is 0 Å². The minimum Gasteiger partial charge on any atom is -0.471 e. The van der Waals surface area contributed by atoms with Crippen molar-refractivity contribution in [2.75, 3.05) is 19.7 Å². The van der Waals surface area contributed by atoms with Crippen LogP contribution in [-0.4, -0.2) is 46.6 Å². The molecule has 6 heteroatoms. The van der Waals surface area contributed by atoms with Crippen LogP contribution in [-0.2, 0) is 16.1 Å². The lowest BCUT2D eigenvalue weighted by atomic mass is 10.2. The van der Waals surface area contributed by atoms with Crippen LogP contribution in [0, 0.1) is 0 Å². The highest BCUT2D eigenvalue weighted by Crippen LogP contribution is 2.15. The van der Waals surface area contributed by atoms with Crippen molar-refractivity contribution in [1.82, 2.24) is 14.9 Å². The molecule has 0 radical (unpaired) electrons. The summed E-state index contributed by atoms with van der Waals surface area (Å²) in [7, 11) is 0. The van der Waals surface area contributed by atoms with Gasteiger partial charge >= 0.3 is 0 Å². The lowest BCUT2D eigenvalue weighted by Gasteiger charge is -2.17. The quantitative estimate of drug-likeness (QED) is 0.812. The summed E-state index contributed by atoms with van der Waals surface area (Å²) in [5, 5.41) is 0. The Hall–Kier alpha value is -2.47. The van der Waals surface area contributed by atoms with Gasteiger partial charge in [0.1, 0.15) is 12.7 Å². The van der Waals surface area contributed by atoms with Crippen molar-refractivity contribution in [2.45, 2.75) is 19.1 Å². The van der Waals surface area contributed by atoms with Crippen LogP contribution in [0.3, 0.4) is 0 Å². The van der Waals surface area contributed by atoms with E-state index < -0.39 is 0 Å². The maximum absolute atomic E-state index is 12.2. The molecule has 1 atom stereocenters. The molecule has 1 amide bonds. The van der Waals surface area contributed by atoms with Crippen molar-refractivity contribution in [2.24, 2.45) is 0 Å². The summed E-state index contributed by atoms with van der Waals surface area (Å²) in [4.78, 5) is 22.0. The highest BCUT2D eigenvalue weighted by atomic mass is 16.5. The van der Waals surface area contributed by atoms with Gasteiger partial charge in [-0.15, -0.1) is 0 Å². The van der Waals surface area contributed by atoms with Gasteiger partial charge in [0.15, 0.2) is 0 Å². The number of hydrogen-bond donors (Lipinski definition) is 0. The Labute approximate surface area is 135 Å². The van der Waals surface area contributed by atoms with E-state index in [0.29, 0.717) is 25.6 Å². The highest BCUT2D eigenvalue weighted by molar-refractivity contribution is 5.77. The molecule has 0 bridgehead atoms. The normalized spacial score (nSPS) is 17.2. The zero-order chi connectivity index (χ0) is 15.9. The van der Waals surface area contributed by atoms with Crippen molar-refractivity contribution in [3.05, 3.63) is 54.5 Å². The van der Waals surface area contributed by atoms with Crippen molar-refractivity contribution in [3.63, 3.8) is 0 Å². The van der Waals surface area contributed by atoms with E-state index in [2.05, 4.69) is 9.97 Å². The minimum absolute atomic E-state index is 0.00817. The van der Waals surface area contributed by atoms with Gasteiger partial charge in [-0.1, -0.05) is 30.3 Å². The average molecular weight is 313 g/mol. The smallest absolute Gasteiger partial charge is 0.248 e. The van der Waals surface area contributed by atoms with E-state index in [0.717, 1.165) is 12.0 Å². The van der Waals surface area contributed by atoms with Crippen LogP contribution in [0.4, 0.5) is 0 Å². The number of benzene rings is 1. The molecular formula is C17H19N3O3. The van der Waals surface area contributed by atoms with Gasteiger partial charge in [0, 0.05) is 25.4 Å². The Morgan fingerprint density at radius 2 is 2.13 bits per heavy atom. The van der Waals surface area contributed by atoms with Gasteiger partial charge in [-0.05, 0) is 5.56 Å². The molecule has 0 aliphatic carbocycles. The molecule has 120 valence electrons. The van der Waals surface area contributed by atoms with Crippen LogP contribution in [0.5, 0.6) is 5.88 Å². The highest BCUT2D eigenvalue weighted by Gasteiger charge is 2.27. The summed E-state index contributed by atoms with van der Waals surface area (Å²) in [6, 6.07) is 9.82. The van der Waals surface area contributed by atoms with Crippen LogP contribution in [0.25, 0.3) is 0 Å². The Bertz CT molecular complexity index is 621. The molecule has 6 nitrogen and oxygen atoms in total. The molecular weight excluding hydrogens is 294 g/mol. The van der Waals surface area contributed by atoms with Crippen LogP contribution in [0.2, 0.25) is 0 Å². The second-order valence-corrected chi connectivity index (χ2v) is 5.39. The number of ether oxygens (including phenoxy) is 2. The van der Waals surface area contributed by atoms with Gasteiger partial charge in [-0.3, -0.25) is 9.78 Å². The maximum Gasteiger partial charge on any atom is 0.248 e. The lowest BCUT2D eigenvalue weighted by molar-refractivity contribution is -0.135. The van der Waals surface area contributed by atoms with E-state index in [1.807, 2.05) is 30.3 Å². The number of carbonyl (C=O) groups is 1. The Kier molecular flexibility index (Phi) is 5.16. The molecule has 3 rings (SSSR count). The molecule has 2 heterocycles. The first-order valence-electron chi connectivity index (χ1n) is 7.63. The van der Waals surface area contributed by atoms with E-state index in [9.17, 15) is 4.79 Å². The minimum atomic E-state index is -0.0372. The lowest BCUT2D eigenvalue weighted by Crippen LogP contribution is -2.33. The predicted octanol–water partition coefficient (Wildman–Crippen LogP) is 1.67. The number of likely N-dealkylation sites (tertiary alicyclic amines) is 1. The van der Waals surface area contributed by atoms with Crippen LogP contribution < -0.4 is 4.74 Å². The van der Waals surface area contributed by atoms with E-state index in [-0.39, 0.29) is 18.6 Å². The third-order valence-electron chi connectivity index (χ3n) is 3.66. The first kappa shape index (κ1) is 15.4. The number of hydrogen-bond acceptors (Lipinski definition) is 5. The average Bonchev–Trinajstić information content (AvgIpc) is 3.05. The summed E-state index contributed by atoms with van der Waals surface area (Å²) in [6.07, 6.45) is 5.52. The maximum atomic E-state index is 12.2. The number of rotatable bonds is 6. The third kappa shape index (κ3) is 4.50. The topological polar surface area (TPSA) is 64.5 Å². The second kappa shape index (κ2) is 7.69. The predicted molar refractivity (Wildman–Crippen MR) is 83.7 cm³/mol. The number of amides is 1. The van der Waals surface area contributed by atoms with Gasteiger partial charge in [0.05, 0.1) is 19.3 Å². The van der Waals surface area contributed by atoms with E-state index in [1.165, 1.54) is 0 Å². The van der Waals surface area contributed by atoms with Crippen molar-refractivity contribution < 1.29 is 14.3 Å². The molecule has 2 aromatic rings. The molecule has 23 heavy (non-hydrogen) atoms. The zero-order valence-electron chi connectivity index (χ0n) is 12.8. The van der Waals surface area contributed by atoms with Gasteiger partial charge in [-0.2, -0.15) is 0 Å². The third-order valence-corrected chi connectivity index (χ3v) is 3.66. The fourth-order valence-electron chi connectivity index (χ4n) is 2.49. The van der Waals surface area contributed by atoms with Gasteiger partial charge < -0.3 is 14.4 Å².